The van der Waals surface area contributed by atoms with Crippen molar-refractivity contribution in [3.05, 3.63) is 72.6 Å². The molecule has 0 fully saturated rings. The zero-order valence-electron chi connectivity index (χ0n) is 19.0. The molecule has 1 N–H and O–H groups in total. The third-order valence-electron chi connectivity index (χ3n) is 6.03. The van der Waals surface area contributed by atoms with Gasteiger partial charge in [-0.05, 0) is 24.6 Å². The molecule has 8 heteroatoms. The van der Waals surface area contributed by atoms with Crippen LogP contribution in [0.5, 0.6) is 5.75 Å². The van der Waals surface area contributed by atoms with Crippen LogP contribution < -0.4 is 9.64 Å². The summed E-state index contributed by atoms with van der Waals surface area (Å²) in [6.45, 7) is 10.2. The van der Waals surface area contributed by atoms with Gasteiger partial charge in [-0.2, -0.15) is 0 Å². The molecule has 6 nitrogen and oxygen atoms in total. The van der Waals surface area contributed by atoms with E-state index in [0.717, 1.165) is 37.3 Å². The summed E-state index contributed by atoms with van der Waals surface area (Å²) in [6.07, 6.45) is 4.80. The Hall–Kier alpha value is -2.97. The Balaban J connectivity index is 1.69. The first-order valence-corrected chi connectivity index (χ1v) is 12.2. The van der Waals surface area contributed by atoms with Crippen molar-refractivity contribution in [2.75, 3.05) is 38.7 Å². The van der Waals surface area contributed by atoms with Crippen molar-refractivity contribution in [2.24, 2.45) is 0 Å². The summed E-state index contributed by atoms with van der Waals surface area (Å²) in [4.78, 5) is 12.0. The molecule has 3 aromatic rings. The van der Waals surface area contributed by atoms with Crippen molar-refractivity contribution >= 4 is 27.5 Å². The van der Waals surface area contributed by atoms with E-state index in [-0.39, 0.29) is 11.8 Å². The molecule has 2 atom stereocenters. The summed E-state index contributed by atoms with van der Waals surface area (Å²) in [6, 6.07) is 9.28. The lowest BCUT2D eigenvalue weighted by molar-refractivity contribution is 0.252. The number of H-pyrrole nitrogens is 1. The van der Waals surface area contributed by atoms with Crippen molar-refractivity contribution in [3.8, 4) is 5.75 Å². The number of hydrogen-bond donors (Lipinski definition) is 1. The van der Waals surface area contributed by atoms with E-state index in [4.69, 9.17) is 4.74 Å². The number of likely N-dealkylation sites (N-methyl/N-ethyl adjacent to an activating group) is 1. The van der Waals surface area contributed by atoms with Crippen LogP contribution in [-0.4, -0.2) is 52.9 Å². The van der Waals surface area contributed by atoms with Gasteiger partial charge in [0.1, 0.15) is 0 Å². The molecule has 0 saturated heterocycles. The Kier molecular flexibility index (Phi) is 6.95. The first-order chi connectivity index (χ1) is 16.0. The van der Waals surface area contributed by atoms with E-state index in [1.807, 2.05) is 24.3 Å². The maximum Gasteiger partial charge on any atom is 0.197 e. The van der Waals surface area contributed by atoms with Crippen molar-refractivity contribution < 1.29 is 13.3 Å². The second-order valence-electron chi connectivity index (χ2n) is 8.16. The predicted molar refractivity (Wildman–Crippen MR) is 132 cm³/mol. The van der Waals surface area contributed by atoms with Crippen LogP contribution >= 0.6 is 0 Å². The Morgan fingerprint density at radius 2 is 2.18 bits per heavy atom. The molecular formula is C25H29FN4O2S. The van der Waals surface area contributed by atoms with Crippen molar-refractivity contribution in [2.45, 2.75) is 23.4 Å². The molecule has 2 aromatic carbocycles. The van der Waals surface area contributed by atoms with Crippen LogP contribution in [0.15, 0.2) is 60.8 Å². The molecule has 33 heavy (non-hydrogen) atoms. The zero-order chi connectivity index (χ0) is 23.5. The maximum absolute atomic E-state index is 14.1. The number of hydrogen-bond acceptors (Lipinski definition) is 5. The molecule has 0 saturated carbocycles. The number of benzene rings is 2. The van der Waals surface area contributed by atoms with Gasteiger partial charge in [0.15, 0.2) is 16.7 Å². The van der Waals surface area contributed by atoms with E-state index in [2.05, 4.69) is 46.0 Å². The number of fused-ring (bicyclic) bond motifs is 2. The van der Waals surface area contributed by atoms with E-state index in [0.29, 0.717) is 21.9 Å². The normalized spacial score (nSPS) is 16.6. The molecule has 0 spiro atoms. The summed E-state index contributed by atoms with van der Waals surface area (Å²) in [7, 11) is 2.07. The van der Waals surface area contributed by atoms with Gasteiger partial charge in [-0.3, -0.25) is 9.11 Å². The third kappa shape index (κ3) is 4.58. The number of halogens is 1. The standard InChI is InChI=1S/C25H29FN4O2S/c1-5-11-29(3)22-10-13-30(12-6-2)24-17(8-7-9-18(22)24)16-33(31)25-27-20-14-19(26)23(32-4)15-21(20)28-25/h5-9,14-15,22H,1-2,10-13,16H2,3-4H3,(H,27,28). The molecule has 1 aromatic heterocycles. The van der Waals surface area contributed by atoms with Gasteiger partial charge in [-0.15, -0.1) is 13.2 Å². The van der Waals surface area contributed by atoms with E-state index in [1.165, 1.54) is 24.8 Å². The summed E-state index contributed by atoms with van der Waals surface area (Å²) in [5.74, 6) is -0.0789. The highest BCUT2D eigenvalue weighted by Crippen LogP contribution is 2.40. The van der Waals surface area contributed by atoms with E-state index in [1.54, 1.807) is 0 Å². The average molecular weight is 469 g/mol. The molecule has 0 bridgehead atoms. The van der Waals surface area contributed by atoms with Gasteiger partial charge in [-0.25, -0.2) is 9.37 Å². The van der Waals surface area contributed by atoms with E-state index >= 15 is 0 Å². The fourth-order valence-electron chi connectivity index (χ4n) is 4.52. The van der Waals surface area contributed by atoms with Crippen LogP contribution in [0.1, 0.15) is 23.6 Å². The highest BCUT2D eigenvalue weighted by atomic mass is 32.2. The summed E-state index contributed by atoms with van der Waals surface area (Å²) in [5, 5.41) is 0.321. The number of aromatic nitrogens is 2. The lowest BCUT2D eigenvalue weighted by Gasteiger charge is -2.40. The summed E-state index contributed by atoms with van der Waals surface area (Å²) < 4.78 is 32.4. The second kappa shape index (κ2) is 9.89. The van der Waals surface area contributed by atoms with Crippen LogP contribution in [0.2, 0.25) is 0 Å². The summed E-state index contributed by atoms with van der Waals surface area (Å²) in [5.41, 5.74) is 4.34. The number of rotatable bonds is 9. The number of anilines is 1. The highest BCUT2D eigenvalue weighted by Gasteiger charge is 2.29. The van der Waals surface area contributed by atoms with Crippen LogP contribution in [0.3, 0.4) is 0 Å². The van der Waals surface area contributed by atoms with Crippen LogP contribution in [0.4, 0.5) is 10.1 Å². The number of ether oxygens (including phenoxy) is 1. The molecule has 1 aliphatic heterocycles. The third-order valence-corrected chi connectivity index (χ3v) is 7.23. The molecule has 1 aliphatic rings. The Morgan fingerprint density at radius 1 is 1.36 bits per heavy atom. The van der Waals surface area contributed by atoms with Crippen molar-refractivity contribution in [3.63, 3.8) is 0 Å². The smallest absolute Gasteiger partial charge is 0.197 e. The van der Waals surface area contributed by atoms with Crippen LogP contribution in [0.25, 0.3) is 11.0 Å². The molecule has 4 rings (SSSR count). The Labute approximate surface area is 196 Å². The molecule has 0 aliphatic carbocycles. The van der Waals surface area contributed by atoms with Gasteiger partial charge in [-0.1, -0.05) is 30.4 Å². The van der Waals surface area contributed by atoms with Gasteiger partial charge in [0.2, 0.25) is 0 Å². The summed E-state index contributed by atoms with van der Waals surface area (Å²) >= 11 is 0. The second-order valence-corrected chi connectivity index (χ2v) is 9.52. The van der Waals surface area contributed by atoms with E-state index < -0.39 is 16.6 Å². The minimum atomic E-state index is -1.44. The first-order valence-electron chi connectivity index (χ1n) is 10.9. The number of nitrogens with one attached hydrogen (secondary N) is 1. The molecule has 0 radical (unpaired) electrons. The fraction of sp³-hybridized carbons (Fsp3) is 0.320. The Morgan fingerprint density at radius 3 is 2.91 bits per heavy atom. The molecule has 0 amide bonds. The van der Waals surface area contributed by atoms with Crippen LogP contribution in [-0.2, 0) is 16.6 Å². The van der Waals surface area contributed by atoms with Crippen LogP contribution in [0, 0.1) is 5.82 Å². The number of nitrogens with zero attached hydrogens (tertiary/aromatic N) is 3. The predicted octanol–water partition coefficient (Wildman–Crippen LogP) is 4.57. The van der Waals surface area contributed by atoms with Gasteiger partial charge in [0.25, 0.3) is 0 Å². The number of imidazole rings is 1. The maximum atomic E-state index is 14.1. The van der Waals surface area contributed by atoms with Crippen molar-refractivity contribution in [1.82, 2.24) is 14.9 Å². The fourth-order valence-corrected chi connectivity index (χ4v) is 5.59. The van der Waals surface area contributed by atoms with Crippen molar-refractivity contribution in [1.29, 1.82) is 0 Å². The Bertz CT molecular complexity index is 1210. The zero-order valence-corrected chi connectivity index (χ0v) is 19.8. The highest BCUT2D eigenvalue weighted by molar-refractivity contribution is 7.84. The SMILES string of the molecule is C=CCN1CCC(N(C)CC=C)c2cccc(CS(=O)c3nc4cc(OC)c(F)cc4[nH]3)c21. The number of methoxy groups -OCH3 is 1. The molecular weight excluding hydrogens is 439 g/mol. The first kappa shape index (κ1) is 23.2. The minimum absolute atomic E-state index is 0.109. The lowest BCUT2D eigenvalue weighted by atomic mass is 9.92. The monoisotopic (exact) mass is 468 g/mol. The minimum Gasteiger partial charge on any atom is -0.494 e. The molecule has 174 valence electrons. The van der Waals surface area contributed by atoms with Gasteiger partial charge >= 0.3 is 0 Å². The number of para-hydroxylation sites is 1. The largest absolute Gasteiger partial charge is 0.494 e. The topological polar surface area (TPSA) is 61.5 Å². The lowest BCUT2D eigenvalue weighted by Crippen LogP contribution is -2.37. The quantitative estimate of drug-likeness (QED) is 0.466. The van der Waals surface area contributed by atoms with E-state index in [9.17, 15) is 8.60 Å². The molecule has 2 heterocycles. The molecule has 2 unspecified atom stereocenters. The van der Waals surface area contributed by atoms with Gasteiger partial charge in [0, 0.05) is 43.5 Å². The number of aromatic amines is 1. The van der Waals surface area contributed by atoms with Gasteiger partial charge < -0.3 is 14.6 Å². The average Bonchev–Trinajstić information content (AvgIpc) is 3.22. The van der Waals surface area contributed by atoms with Gasteiger partial charge in [0.05, 0.1) is 34.7 Å².